The van der Waals surface area contributed by atoms with Crippen molar-refractivity contribution in [3.8, 4) is 11.5 Å². The number of benzene rings is 1. The van der Waals surface area contributed by atoms with Crippen LogP contribution in [0.3, 0.4) is 0 Å². The number of hydrogen-bond acceptors (Lipinski definition) is 2. The Balaban J connectivity index is 2.18. The SMILES string of the molecule is Cn1cnc(-c2nc3ccc(F)cc3[nH]2)c1. The number of imidazole rings is 2. The number of aryl methyl sites for hydroxylation is 1. The zero-order valence-electron chi connectivity index (χ0n) is 8.61. The summed E-state index contributed by atoms with van der Waals surface area (Å²) in [5.74, 6) is 0.380. The van der Waals surface area contributed by atoms with E-state index in [4.69, 9.17) is 0 Å². The standard InChI is InChI=1S/C11H9FN4/c1-16-5-10(13-6-16)11-14-8-3-2-7(12)4-9(8)15-11/h2-6H,1H3,(H,14,15). The van der Waals surface area contributed by atoms with Gasteiger partial charge in [-0.1, -0.05) is 0 Å². The summed E-state index contributed by atoms with van der Waals surface area (Å²) in [5, 5.41) is 0. The van der Waals surface area contributed by atoms with Crippen molar-refractivity contribution in [1.82, 2.24) is 19.5 Å². The third-order valence-electron chi connectivity index (χ3n) is 2.39. The fourth-order valence-electron chi connectivity index (χ4n) is 1.64. The quantitative estimate of drug-likeness (QED) is 0.677. The Labute approximate surface area is 90.8 Å². The highest BCUT2D eigenvalue weighted by Crippen LogP contribution is 2.19. The van der Waals surface area contributed by atoms with Crippen molar-refractivity contribution in [3.05, 3.63) is 36.5 Å². The molecular weight excluding hydrogens is 207 g/mol. The van der Waals surface area contributed by atoms with Gasteiger partial charge in [-0.05, 0) is 18.2 Å². The van der Waals surface area contributed by atoms with E-state index in [1.54, 1.807) is 12.4 Å². The number of fused-ring (bicyclic) bond motifs is 1. The van der Waals surface area contributed by atoms with E-state index < -0.39 is 0 Å². The zero-order chi connectivity index (χ0) is 11.1. The number of nitrogens with one attached hydrogen (secondary N) is 1. The van der Waals surface area contributed by atoms with Crippen LogP contribution in [0.2, 0.25) is 0 Å². The molecule has 0 spiro atoms. The second-order valence-electron chi connectivity index (χ2n) is 3.67. The first-order valence-corrected chi connectivity index (χ1v) is 4.86. The maximum Gasteiger partial charge on any atom is 0.158 e. The molecule has 0 radical (unpaired) electrons. The Morgan fingerprint density at radius 3 is 3.00 bits per heavy atom. The maximum atomic E-state index is 13.0. The predicted octanol–water partition coefficient (Wildman–Crippen LogP) is 2.10. The zero-order valence-corrected chi connectivity index (χ0v) is 8.61. The van der Waals surface area contributed by atoms with Crippen molar-refractivity contribution in [1.29, 1.82) is 0 Å². The van der Waals surface area contributed by atoms with Crippen LogP contribution in [0.15, 0.2) is 30.7 Å². The summed E-state index contributed by atoms with van der Waals surface area (Å²) in [7, 11) is 1.89. The number of aromatic nitrogens is 4. The van der Waals surface area contributed by atoms with Crippen molar-refractivity contribution >= 4 is 11.0 Å². The molecule has 3 aromatic rings. The Hall–Kier alpha value is -2.17. The first kappa shape index (κ1) is 9.08. The molecule has 80 valence electrons. The lowest BCUT2D eigenvalue weighted by atomic mass is 10.3. The highest BCUT2D eigenvalue weighted by atomic mass is 19.1. The molecule has 16 heavy (non-hydrogen) atoms. The number of hydrogen-bond donors (Lipinski definition) is 1. The molecule has 2 aromatic heterocycles. The summed E-state index contributed by atoms with van der Waals surface area (Å²) < 4.78 is 14.8. The van der Waals surface area contributed by atoms with Crippen LogP contribution in [0.25, 0.3) is 22.6 Å². The molecule has 1 aromatic carbocycles. The summed E-state index contributed by atoms with van der Waals surface area (Å²) in [4.78, 5) is 11.6. The number of aromatic amines is 1. The van der Waals surface area contributed by atoms with Crippen molar-refractivity contribution < 1.29 is 4.39 Å². The van der Waals surface area contributed by atoms with Crippen LogP contribution in [-0.2, 0) is 7.05 Å². The van der Waals surface area contributed by atoms with Gasteiger partial charge in [-0.2, -0.15) is 0 Å². The smallest absolute Gasteiger partial charge is 0.158 e. The van der Waals surface area contributed by atoms with Crippen LogP contribution in [-0.4, -0.2) is 19.5 Å². The van der Waals surface area contributed by atoms with Gasteiger partial charge in [0.1, 0.15) is 11.5 Å². The lowest BCUT2D eigenvalue weighted by molar-refractivity contribution is 0.629. The van der Waals surface area contributed by atoms with Gasteiger partial charge in [0.05, 0.1) is 17.4 Å². The van der Waals surface area contributed by atoms with Crippen molar-refractivity contribution in [3.63, 3.8) is 0 Å². The van der Waals surface area contributed by atoms with E-state index in [1.807, 2.05) is 17.8 Å². The minimum Gasteiger partial charge on any atom is -0.340 e. The Bertz CT molecular complexity index is 653. The molecule has 0 aliphatic carbocycles. The lowest BCUT2D eigenvalue weighted by Gasteiger charge is -1.87. The molecule has 0 aliphatic heterocycles. The topological polar surface area (TPSA) is 46.5 Å². The highest BCUT2D eigenvalue weighted by Gasteiger charge is 2.07. The molecule has 0 aliphatic rings. The summed E-state index contributed by atoms with van der Waals surface area (Å²) >= 11 is 0. The average molecular weight is 216 g/mol. The Morgan fingerprint density at radius 1 is 1.38 bits per heavy atom. The predicted molar refractivity (Wildman–Crippen MR) is 58.3 cm³/mol. The second-order valence-corrected chi connectivity index (χ2v) is 3.67. The number of rotatable bonds is 1. The van der Waals surface area contributed by atoms with Crippen molar-refractivity contribution in [2.75, 3.05) is 0 Å². The highest BCUT2D eigenvalue weighted by molar-refractivity contribution is 5.78. The van der Waals surface area contributed by atoms with Gasteiger partial charge in [-0.15, -0.1) is 0 Å². The van der Waals surface area contributed by atoms with Crippen LogP contribution in [0.1, 0.15) is 0 Å². The third kappa shape index (κ3) is 1.37. The summed E-state index contributed by atoms with van der Waals surface area (Å²) in [6.45, 7) is 0. The molecule has 0 atom stereocenters. The van der Waals surface area contributed by atoms with E-state index >= 15 is 0 Å². The van der Waals surface area contributed by atoms with Gasteiger partial charge in [0.25, 0.3) is 0 Å². The molecule has 0 fully saturated rings. The molecular formula is C11H9FN4. The monoisotopic (exact) mass is 216 g/mol. The van der Waals surface area contributed by atoms with E-state index in [1.165, 1.54) is 12.1 Å². The number of nitrogens with zero attached hydrogens (tertiary/aromatic N) is 3. The largest absolute Gasteiger partial charge is 0.340 e. The van der Waals surface area contributed by atoms with E-state index in [9.17, 15) is 4.39 Å². The van der Waals surface area contributed by atoms with Crippen LogP contribution >= 0.6 is 0 Å². The number of halogens is 1. The van der Waals surface area contributed by atoms with E-state index in [-0.39, 0.29) is 5.82 Å². The van der Waals surface area contributed by atoms with Gasteiger partial charge in [0.15, 0.2) is 5.82 Å². The van der Waals surface area contributed by atoms with E-state index in [0.717, 1.165) is 11.2 Å². The van der Waals surface area contributed by atoms with Gasteiger partial charge in [0, 0.05) is 13.2 Å². The van der Waals surface area contributed by atoms with E-state index in [0.29, 0.717) is 11.3 Å². The van der Waals surface area contributed by atoms with Gasteiger partial charge >= 0.3 is 0 Å². The molecule has 2 heterocycles. The fraction of sp³-hybridized carbons (Fsp3) is 0.0909. The summed E-state index contributed by atoms with van der Waals surface area (Å²) in [6, 6.07) is 4.47. The summed E-state index contributed by atoms with van der Waals surface area (Å²) in [5.41, 5.74) is 2.17. The van der Waals surface area contributed by atoms with Crippen LogP contribution < -0.4 is 0 Å². The molecule has 0 saturated heterocycles. The van der Waals surface area contributed by atoms with Crippen molar-refractivity contribution in [2.45, 2.75) is 0 Å². The Kier molecular flexibility index (Phi) is 1.80. The normalized spacial score (nSPS) is 11.1. The van der Waals surface area contributed by atoms with Crippen molar-refractivity contribution in [2.24, 2.45) is 7.05 Å². The molecule has 0 amide bonds. The lowest BCUT2D eigenvalue weighted by Crippen LogP contribution is -1.80. The van der Waals surface area contributed by atoms with E-state index in [2.05, 4.69) is 15.0 Å². The molecule has 0 unspecified atom stereocenters. The molecule has 0 saturated carbocycles. The fourth-order valence-corrected chi connectivity index (χ4v) is 1.64. The van der Waals surface area contributed by atoms with Crippen LogP contribution in [0.4, 0.5) is 4.39 Å². The summed E-state index contributed by atoms with van der Waals surface area (Å²) in [6.07, 6.45) is 3.55. The maximum absolute atomic E-state index is 13.0. The Morgan fingerprint density at radius 2 is 2.25 bits per heavy atom. The average Bonchev–Trinajstić information content (AvgIpc) is 2.83. The molecule has 3 rings (SSSR count). The first-order valence-electron chi connectivity index (χ1n) is 4.86. The first-order chi connectivity index (χ1) is 7.72. The molecule has 4 nitrogen and oxygen atoms in total. The van der Waals surface area contributed by atoms with Crippen LogP contribution in [0.5, 0.6) is 0 Å². The minimum absolute atomic E-state index is 0.274. The van der Waals surface area contributed by atoms with Gasteiger partial charge in [-0.25, -0.2) is 14.4 Å². The van der Waals surface area contributed by atoms with Gasteiger partial charge in [-0.3, -0.25) is 0 Å². The molecule has 1 N–H and O–H groups in total. The second kappa shape index (κ2) is 3.16. The molecule has 5 heteroatoms. The number of H-pyrrole nitrogens is 1. The van der Waals surface area contributed by atoms with Gasteiger partial charge in [0.2, 0.25) is 0 Å². The minimum atomic E-state index is -0.274. The molecule has 0 bridgehead atoms. The van der Waals surface area contributed by atoms with Gasteiger partial charge < -0.3 is 9.55 Å². The van der Waals surface area contributed by atoms with Crippen LogP contribution in [0, 0.1) is 5.82 Å². The third-order valence-corrected chi connectivity index (χ3v) is 2.39.